The molecule has 0 fully saturated rings. The number of esters is 2. The maximum Gasteiger partial charge on any atom is 0.435 e. The third-order valence-electron chi connectivity index (χ3n) is 8.75. The maximum atomic E-state index is 14.1. The Labute approximate surface area is 358 Å². The van der Waals surface area contributed by atoms with Gasteiger partial charge in [0.05, 0.1) is 39.6 Å². The smallest absolute Gasteiger partial charge is 0.435 e. The molecule has 1 aliphatic heterocycles. The number of amides is 2. The molecule has 0 unspecified atom stereocenters. The predicted octanol–water partition coefficient (Wildman–Crippen LogP) is 5.74. The topological polar surface area (TPSA) is 260 Å². The first kappa shape index (κ1) is 49.0. The van der Waals surface area contributed by atoms with E-state index in [2.05, 4.69) is 0 Å². The van der Waals surface area contributed by atoms with E-state index < -0.39 is 43.5 Å². The van der Waals surface area contributed by atoms with E-state index in [1.165, 1.54) is 4.90 Å². The Morgan fingerprint density at radius 3 is 1.65 bits per heavy atom. The van der Waals surface area contributed by atoms with Crippen molar-refractivity contribution in [2.45, 2.75) is 27.0 Å². The Bertz CT molecular complexity index is 2940. The number of imide groups is 1. The second kappa shape index (κ2) is 20.0. The second-order valence-corrected chi connectivity index (χ2v) is 15.6. The van der Waals surface area contributed by atoms with Crippen LogP contribution in [0.2, 0.25) is 0 Å². The third-order valence-corrected chi connectivity index (χ3v) is 8.75. The monoisotopic (exact) mass is 934 g/mol. The molecule has 0 atom stereocenters. The lowest BCUT2D eigenvalue weighted by Crippen LogP contribution is -2.32. The quantitative estimate of drug-likeness (QED) is 0.0368. The number of aryl methyl sites for hydroxylation is 3. The number of benzene rings is 5. The van der Waals surface area contributed by atoms with Gasteiger partial charge in [0.2, 0.25) is 11.0 Å². The van der Waals surface area contributed by atoms with Gasteiger partial charge in [0.1, 0.15) is 19.4 Å². The molecule has 1 aromatic heterocycles. The summed E-state index contributed by atoms with van der Waals surface area (Å²) in [4.78, 5) is 54.3. The Kier molecular flexibility index (Phi) is 15.6. The van der Waals surface area contributed by atoms with Gasteiger partial charge in [0.25, 0.3) is 22.3 Å². The van der Waals surface area contributed by atoms with Gasteiger partial charge >= 0.3 is 32.9 Å². The molecule has 0 saturated carbocycles. The Morgan fingerprint density at radius 1 is 0.667 bits per heavy atom. The molecule has 0 aliphatic carbocycles. The van der Waals surface area contributed by atoms with E-state index in [0.29, 0.717) is 49.9 Å². The highest BCUT2D eigenvalue weighted by atomic mass is 32.3. The number of rotatable bonds is 7. The maximum absolute atomic E-state index is 14.1. The Hall–Kier alpha value is -6.63. The lowest BCUT2D eigenvalue weighted by Gasteiger charge is -2.16. The molecule has 0 spiro atoms. The van der Waals surface area contributed by atoms with Crippen LogP contribution < -0.4 is 9.30 Å². The normalized spacial score (nSPS) is 12.2. The van der Waals surface area contributed by atoms with Crippen LogP contribution in [-0.4, -0.2) is 67.6 Å². The first-order valence-electron chi connectivity index (χ1n) is 17.5. The molecule has 7 rings (SSSR count). The average Bonchev–Trinajstić information content (AvgIpc) is 3.41. The van der Waals surface area contributed by atoms with Gasteiger partial charge in [-0.05, 0) is 72.5 Å². The summed E-state index contributed by atoms with van der Waals surface area (Å²) in [6, 6.07) is 32.7. The van der Waals surface area contributed by atoms with E-state index in [4.69, 9.17) is 48.4 Å². The van der Waals surface area contributed by atoms with Crippen molar-refractivity contribution in [2.24, 2.45) is 7.05 Å². The molecule has 0 radical (unpaired) electrons. The molecule has 0 saturated heterocycles. The van der Waals surface area contributed by atoms with E-state index in [9.17, 15) is 30.8 Å². The molecule has 23 heteroatoms. The zero-order chi connectivity index (χ0) is 47.0. The van der Waals surface area contributed by atoms with Crippen molar-refractivity contribution in [2.75, 3.05) is 0 Å². The summed E-state index contributed by atoms with van der Waals surface area (Å²) in [7, 11) is -13.8. The Balaban J connectivity index is 0.000000503. The molecule has 17 nitrogen and oxygen atoms in total. The van der Waals surface area contributed by atoms with E-state index >= 15 is 0 Å². The standard InChI is InChI=1S/C40H31N2O6.3FHO3S/c1-24-19-28(39(45)47-23-26-11-5-4-6-12-26)20-25(2)36(24)48-40(46)35-31-15-9-10-16-33(31)41(3)34-21-27(17-18-32(34)35)22-42-37(43)29-13-7-8-14-30(29)38(42)44;3*1-5(2,3)4/h4-21H,22-23H2,1-3H3;3*(H,2,3,4)/q+1;;;/p-1. The third kappa shape index (κ3) is 14.2. The number of ether oxygens (including phenoxy) is 2. The van der Waals surface area contributed by atoms with Crippen LogP contribution in [0.3, 0.4) is 0 Å². The van der Waals surface area contributed by atoms with Gasteiger partial charge in [-0.1, -0.05) is 68.4 Å². The molecule has 0 bridgehead atoms. The number of aromatic nitrogens is 1. The number of carbonyl (C=O) groups excluding carboxylic acids is 4. The van der Waals surface area contributed by atoms with Gasteiger partial charge < -0.3 is 14.0 Å². The van der Waals surface area contributed by atoms with Gasteiger partial charge in [-0.3, -0.25) is 23.6 Å². The molecule has 63 heavy (non-hydrogen) atoms. The van der Waals surface area contributed by atoms with Crippen molar-refractivity contribution in [3.05, 3.63) is 154 Å². The van der Waals surface area contributed by atoms with Crippen molar-refractivity contribution in [1.82, 2.24) is 4.90 Å². The van der Waals surface area contributed by atoms with Gasteiger partial charge in [-0.15, -0.1) is 3.89 Å². The van der Waals surface area contributed by atoms with E-state index in [-0.39, 0.29) is 25.0 Å². The summed E-state index contributed by atoms with van der Waals surface area (Å²) in [5.74, 6) is -1.30. The predicted molar refractivity (Wildman–Crippen MR) is 216 cm³/mol. The number of hydrogen-bond acceptors (Lipinski definition) is 13. The highest BCUT2D eigenvalue weighted by Gasteiger charge is 2.35. The minimum Gasteiger partial charge on any atom is -0.722 e. The second-order valence-electron chi connectivity index (χ2n) is 13.2. The van der Waals surface area contributed by atoms with Crippen molar-refractivity contribution < 1.29 is 83.8 Å². The Morgan fingerprint density at radius 2 is 1.13 bits per heavy atom. The van der Waals surface area contributed by atoms with Crippen molar-refractivity contribution in [3.63, 3.8) is 0 Å². The molecule has 6 aromatic rings. The molecular weight excluding hydrogens is 902 g/mol. The van der Waals surface area contributed by atoms with Crippen LogP contribution in [-0.2, 0) is 56.4 Å². The van der Waals surface area contributed by atoms with Crippen LogP contribution in [0.4, 0.5) is 11.7 Å². The minimum atomic E-state index is -5.42. The number of halogens is 3. The number of hydrogen-bond donors (Lipinski definition) is 2. The number of pyridine rings is 1. The highest BCUT2D eigenvalue weighted by Crippen LogP contribution is 2.31. The molecule has 1 aliphatic rings. The van der Waals surface area contributed by atoms with Crippen LogP contribution in [0.5, 0.6) is 5.75 Å². The fraction of sp³-hybridized carbons (Fsp3) is 0.125. The van der Waals surface area contributed by atoms with Crippen LogP contribution in [0.1, 0.15) is 63.7 Å². The van der Waals surface area contributed by atoms with Crippen molar-refractivity contribution >= 4 is 77.1 Å². The van der Waals surface area contributed by atoms with Gasteiger partial charge in [-0.2, -0.15) is 21.4 Å². The SMILES string of the molecule is Cc1cc(C(=O)OCc2ccccc2)cc(C)c1OC(=O)c1c2ccccc2[n+](C)c2cc(CN3C(=O)c4ccccc4C3=O)ccc12.O=S(=O)(O)F.O=S(=O)(O)F.O=S(=O)([O-])F. The van der Waals surface area contributed by atoms with Crippen LogP contribution in [0.15, 0.2) is 109 Å². The fourth-order valence-electron chi connectivity index (χ4n) is 6.38. The van der Waals surface area contributed by atoms with Crippen LogP contribution in [0, 0.1) is 13.8 Å². The lowest BCUT2D eigenvalue weighted by atomic mass is 10.00. The lowest BCUT2D eigenvalue weighted by molar-refractivity contribution is -0.617. The first-order valence-corrected chi connectivity index (χ1v) is 21.5. The van der Waals surface area contributed by atoms with Crippen molar-refractivity contribution in [1.29, 1.82) is 0 Å². The first-order chi connectivity index (χ1) is 29.2. The molecule has 5 aromatic carbocycles. The van der Waals surface area contributed by atoms with Crippen molar-refractivity contribution in [3.8, 4) is 5.75 Å². The summed E-state index contributed by atoms with van der Waals surface area (Å²) >= 11 is 0. The molecule has 2 heterocycles. The average molecular weight is 935 g/mol. The zero-order valence-corrected chi connectivity index (χ0v) is 35.2. The van der Waals surface area contributed by atoms with E-state index in [1.807, 2.05) is 84.4 Å². The summed E-state index contributed by atoms with van der Waals surface area (Å²) in [6.45, 7) is 3.82. The van der Waals surface area contributed by atoms with Crippen LogP contribution in [0.25, 0.3) is 21.8 Å². The fourth-order valence-corrected chi connectivity index (χ4v) is 6.38. The number of nitrogens with zero attached hydrogens (tertiary/aromatic N) is 2. The van der Waals surface area contributed by atoms with Gasteiger partial charge in [0, 0.05) is 12.1 Å². The molecular formula is C40H33F3N2O15S3. The molecule has 332 valence electrons. The van der Waals surface area contributed by atoms with E-state index in [0.717, 1.165) is 22.2 Å². The summed E-state index contributed by atoms with van der Waals surface area (Å²) in [5, 5.41) is 1.37. The summed E-state index contributed by atoms with van der Waals surface area (Å²) < 4.78 is 117. The van der Waals surface area contributed by atoms with Gasteiger partial charge in [-0.25, -0.2) is 18.0 Å². The molecule has 2 amide bonds. The highest BCUT2D eigenvalue weighted by molar-refractivity contribution is 7.80. The number of carbonyl (C=O) groups is 4. The number of para-hydroxylation sites is 1. The van der Waals surface area contributed by atoms with E-state index in [1.54, 1.807) is 50.2 Å². The summed E-state index contributed by atoms with van der Waals surface area (Å²) in [6.07, 6.45) is 0. The number of fused-ring (bicyclic) bond motifs is 3. The minimum absolute atomic E-state index is 0.0907. The zero-order valence-electron chi connectivity index (χ0n) is 32.8. The van der Waals surface area contributed by atoms with Gasteiger partial charge in [0.15, 0.2) is 0 Å². The summed E-state index contributed by atoms with van der Waals surface area (Å²) in [5.41, 5.74) is 5.95. The van der Waals surface area contributed by atoms with Crippen LogP contribution >= 0.6 is 0 Å². The molecule has 2 N–H and O–H groups in total. The largest absolute Gasteiger partial charge is 0.722 e.